The van der Waals surface area contributed by atoms with Crippen LogP contribution in [0, 0.1) is 11.7 Å². The van der Waals surface area contributed by atoms with Crippen LogP contribution in [0.25, 0.3) is 22.0 Å². The van der Waals surface area contributed by atoms with Crippen molar-refractivity contribution in [1.82, 2.24) is 24.8 Å². The molecule has 0 aliphatic rings. The van der Waals surface area contributed by atoms with Crippen LogP contribution in [0.3, 0.4) is 0 Å². The maximum atomic E-state index is 14.6. The van der Waals surface area contributed by atoms with Crippen LogP contribution in [0.15, 0.2) is 53.6 Å². The van der Waals surface area contributed by atoms with Crippen LogP contribution in [0.5, 0.6) is 0 Å². The molecular weight excluding hydrogens is 477 g/mol. The Morgan fingerprint density at radius 2 is 2.00 bits per heavy atom. The summed E-state index contributed by atoms with van der Waals surface area (Å²) < 4.78 is 17.3. The Hall–Kier alpha value is -3.63. The van der Waals surface area contributed by atoms with E-state index in [2.05, 4.69) is 15.4 Å². The third-order valence-electron chi connectivity index (χ3n) is 5.93. The lowest BCUT2D eigenvalue weighted by Crippen LogP contribution is -2.32. The highest BCUT2D eigenvalue weighted by Gasteiger charge is 2.27. The summed E-state index contributed by atoms with van der Waals surface area (Å²) in [4.78, 5) is 24.5. The number of aliphatic carboxylic acids is 1. The van der Waals surface area contributed by atoms with E-state index in [9.17, 15) is 24.2 Å². The molecule has 0 amide bonds. The molecule has 11 heteroatoms. The monoisotopic (exact) mass is 499 g/mol. The second-order valence-electron chi connectivity index (χ2n) is 8.30. The molecule has 2 aromatic heterocycles. The molecule has 0 saturated heterocycles. The Balaban J connectivity index is 1.42. The predicted octanol–water partition coefficient (Wildman–Crippen LogP) is 3.07. The van der Waals surface area contributed by atoms with E-state index in [0.29, 0.717) is 16.6 Å². The van der Waals surface area contributed by atoms with Gasteiger partial charge in [-0.25, -0.2) is 9.07 Å². The zero-order chi connectivity index (χ0) is 25.1. The minimum atomic E-state index is -1.25. The molecule has 0 bridgehead atoms. The third kappa shape index (κ3) is 5.39. The number of aryl methyl sites for hydroxylation is 3. The summed E-state index contributed by atoms with van der Waals surface area (Å²) in [6, 6.07) is 9.58. The first kappa shape index (κ1) is 24.5. The molecular formula is C24H23ClFN5O4. The van der Waals surface area contributed by atoms with Crippen molar-refractivity contribution in [2.45, 2.75) is 31.9 Å². The molecule has 0 aliphatic heterocycles. The molecule has 9 nitrogen and oxygen atoms in total. The molecule has 2 atom stereocenters. The minimum absolute atomic E-state index is 0.0320. The SMILES string of the molecule is Cn1cc(-c2ccc(CC[C@@H](O)C(CCn3nnc4cccc(Cl)c4c3=O)C(=O)O)c(F)c2)cn1. The zero-order valence-corrected chi connectivity index (χ0v) is 19.6. The Labute approximate surface area is 204 Å². The fraction of sp³-hybridized carbons (Fsp3) is 0.292. The summed E-state index contributed by atoms with van der Waals surface area (Å²) in [6.45, 7) is -0.0742. The van der Waals surface area contributed by atoms with Gasteiger partial charge in [-0.2, -0.15) is 5.10 Å². The summed E-state index contributed by atoms with van der Waals surface area (Å²) in [5.74, 6) is -2.84. The quantitative estimate of drug-likeness (QED) is 0.363. The van der Waals surface area contributed by atoms with Gasteiger partial charge < -0.3 is 10.2 Å². The van der Waals surface area contributed by atoms with E-state index in [1.807, 2.05) is 0 Å². The number of benzene rings is 2. The second kappa shape index (κ2) is 10.3. The Kier molecular flexibility index (Phi) is 7.23. The van der Waals surface area contributed by atoms with Crippen molar-refractivity contribution in [2.75, 3.05) is 0 Å². The van der Waals surface area contributed by atoms with Gasteiger partial charge in [0.25, 0.3) is 5.56 Å². The van der Waals surface area contributed by atoms with Gasteiger partial charge >= 0.3 is 5.97 Å². The van der Waals surface area contributed by atoms with Gasteiger partial charge in [-0.05, 0) is 48.6 Å². The van der Waals surface area contributed by atoms with Gasteiger partial charge in [0.15, 0.2) is 0 Å². The number of fused-ring (bicyclic) bond motifs is 1. The zero-order valence-electron chi connectivity index (χ0n) is 18.8. The number of nitrogens with zero attached hydrogens (tertiary/aromatic N) is 5. The maximum Gasteiger partial charge on any atom is 0.309 e. The van der Waals surface area contributed by atoms with Gasteiger partial charge in [-0.3, -0.25) is 14.3 Å². The third-order valence-corrected chi connectivity index (χ3v) is 6.25. The lowest BCUT2D eigenvalue weighted by Gasteiger charge is -2.19. The van der Waals surface area contributed by atoms with Gasteiger partial charge in [0.05, 0.1) is 28.6 Å². The Bertz CT molecular complexity index is 1440. The normalized spacial score (nSPS) is 13.1. The van der Waals surface area contributed by atoms with E-state index in [0.717, 1.165) is 10.2 Å². The highest BCUT2D eigenvalue weighted by Crippen LogP contribution is 2.24. The summed E-state index contributed by atoms with van der Waals surface area (Å²) in [7, 11) is 1.77. The molecule has 2 N–H and O–H groups in total. The van der Waals surface area contributed by atoms with E-state index in [-0.39, 0.29) is 36.2 Å². The molecule has 1 unspecified atom stereocenters. The fourth-order valence-electron chi connectivity index (χ4n) is 3.97. The van der Waals surface area contributed by atoms with E-state index in [1.54, 1.807) is 54.5 Å². The molecule has 0 spiro atoms. The summed E-state index contributed by atoms with van der Waals surface area (Å²) >= 11 is 6.11. The topological polar surface area (TPSA) is 123 Å². The van der Waals surface area contributed by atoms with Crippen LogP contribution < -0.4 is 5.56 Å². The van der Waals surface area contributed by atoms with Crippen LogP contribution in [0.2, 0.25) is 5.02 Å². The first-order valence-electron chi connectivity index (χ1n) is 10.9. The van der Waals surface area contributed by atoms with E-state index in [4.69, 9.17) is 11.6 Å². The van der Waals surface area contributed by atoms with Crippen molar-refractivity contribution in [3.8, 4) is 11.1 Å². The maximum absolute atomic E-state index is 14.6. The molecule has 0 radical (unpaired) electrons. The molecule has 0 saturated carbocycles. The van der Waals surface area contributed by atoms with Crippen molar-refractivity contribution in [2.24, 2.45) is 13.0 Å². The number of carboxylic acids is 1. The first-order chi connectivity index (χ1) is 16.7. The van der Waals surface area contributed by atoms with E-state index in [1.165, 1.54) is 6.07 Å². The molecule has 35 heavy (non-hydrogen) atoms. The molecule has 2 aromatic carbocycles. The minimum Gasteiger partial charge on any atom is -0.481 e. The smallest absolute Gasteiger partial charge is 0.309 e. The largest absolute Gasteiger partial charge is 0.481 e. The van der Waals surface area contributed by atoms with Gasteiger partial charge in [0, 0.05) is 25.4 Å². The number of rotatable bonds is 9. The number of carbonyl (C=O) groups is 1. The van der Waals surface area contributed by atoms with Crippen LogP contribution >= 0.6 is 11.6 Å². The molecule has 4 aromatic rings. The van der Waals surface area contributed by atoms with Gasteiger partial charge in [0.2, 0.25) is 0 Å². The van der Waals surface area contributed by atoms with Crippen molar-refractivity contribution < 1.29 is 19.4 Å². The lowest BCUT2D eigenvalue weighted by molar-refractivity contribution is -0.146. The number of aromatic nitrogens is 5. The van der Waals surface area contributed by atoms with Crippen LogP contribution in [0.4, 0.5) is 4.39 Å². The average Bonchev–Trinajstić information content (AvgIpc) is 3.25. The molecule has 182 valence electrons. The molecule has 2 heterocycles. The number of hydrogen-bond acceptors (Lipinski definition) is 6. The highest BCUT2D eigenvalue weighted by molar-refractivity contribution is 6.35. The van der Waals surface area contributed by atoms with Crippen molar-refractivity contribution in [3.05, 3.63) is 75.5 Å². The van der Waals surface area contributed by atoms with E-state index >= 15 is 0 Å². The summed E-state index contributed by atoms with van der Waals surface area (Å²) in [5.41, 5.74) is 1.66. The average molecular weight is 500 g/mol. The van der Waals surface area contributed by atoms with Gasteiger partial charge in [-0.1, -0.05) is 35.0 Å². The second-order valence-corrected chi connectivity index (χ2v) is 8.71. The number of carboxylic acid groups (broad SMARTS) is 1. The molecule has 0 aliphatic carbocycles. The van der Waals surface area contributed by atoms with Crippen molar-refractivity contribution in [1.29, 1.82) is 0 Å². The number of hydrogen-bond donors (Lipinski definition) is 2. The van der Waals surface area contributed by atoms with Crippen LogP contribution in [0.1, 0.15) is 18.4 Å². The predicted molar refractivity (Wildman–Crippen MR) is 127 cm³/mol. The summed E-state index contributed by atoms with van der Waals surface area (Å²) in [5, 5.41) is 32.5. The van der Waals surface area contributed by atoms with Crippen molar-refractivity contribution in [3.63, 3.8) is 0 Å². The van der Waals surface area contributed by atoms with Crippen molar-refractivity contribution >= 4 is 28.5 Å². The lowest BCUT2D eigenvalue weighted by atomic mass is 9.93. The number of aliphatic hydroxyl groups is 1. The van der Waals surface area contributed by atoms with Gasteiger partial charge in [-0.15, -0.1) is 5.10 Å². The Morgan fingerprint density at radius 1 is 1.20 bits per heavy atom. The first-order valence-corrected chi connectivity index (χ1v) is 11.3. The molecule has 4 rings (SSSR count). The van der Waals surface area contributed by atoms with Gasteiger partial charge in [0.1, 0.15) is 11.3 Å². The van der Waals surface area contributed by atoms with E-state index < -0.39 is 29.4 Å². The van der Waals surface area contributed by atoms with Crippen LogP contribution in [-0.4, -0.2) is 47.1 Å². The fourth-order valence-corrected chi connectivity index (χ4v) is 4.22. The Morgan fingerprint density at radius 3 is 2.69 bits per heavy atom. The molecule has 0 fully saturated rings. The standard InChI is InChI=1S/C24H23ClFN5O4/c1-30-13-16(12-27-30)15-6-5-14(19(26)11-15)7-8-21(32)17(24(34)35)9-10-31-23(33)22-18(25)3-2-4-20(22)28-29-31/h2-6,11-13,17,21,32H,7-10H2,1H3,(H,34,35)/t17?,21-/m1/s1. The summed E-state index contributed by atoms with van der Waals surface area (Å²) in [6.07, 6.45) is 2.27. The van der Waals surface area contributed by atoms with Crippen LogP contribution in [-0.2, 0) is 24.8 Å². The highest BCUT2D eigenvalue weighted by atomic mass is 35.5. The number of halogens is 2. The number of aliphatic hydroxyl groups excluding tert-OH is 1.